The van der Waals surface area contributed by atoms with Gasteiger partial charge in [0.2, 0.25) is 0 Å². The van der Waals surface area contributed by atoms with Crippen LogP contribution in [0.1, 0.15) is 16.8 Å². The van der Waals surface area contributed by atoms with Crippen molar-refractivity contribution in [2.24, 2.45) is 7.05 Å². The summed E-state index contributed by atoms with van der Waals surface area (Å²) in [4.78, 5) is 12.2. The highest BCUT2D eigenvalue weighted by molar-refractivity contribution is 5.82. The Morgan fingerprint density at radius 1 is 1.31 bits per heavy atom. The lowest BCUT2D eigenvalue weighted by atomic mass is 10.1. The quantitative estimate of drug-likeness (QED) is 0.714. The van der Waals surface area contributed by atoms with E-state index in [0.29, 0.717) is 5.56 Å². The molecule has 0 spiro atoms. The Labute approximate surface area is 94.8 Å². The van der Waals surface area contributed by atoms with E-state index < -0.39 is 0 Å². The van der Waals surface area contributed by atoms with Crippen molar-refractivity contribution in [1.82, 2.24) is 4.57 Å². The molecular weight excluding hydrogens is 198 g/mol. The van der Waals surface area contributed by atoms with Crippen molar-refractivity contribution in [2.45, 2.75) is 13.8 Å². The van der Waals surface area contributed by atoms with E-state index in [1.54, 1.807) is 6.08 Å². The molecule has 0 saturated carbocycles. The number of nitrogens with zero attached hydrogens (tertiary/aromatic N) is 1. The van der Waals surface area contributed by atoms with Crippen LogP contribution in [0.15, 0.2) is 29.6 Å². The Balaban J connectivity index is 3.08. The number of pyridine rings is 1. The lowest BCUT2D eigenvalue weighted by molar-refractivity contribution is 0.894. The van der Waals surface area contributed by atoms with Crippen LogP contribution in [-0.2, 0) is 7.05 Å². The minimum Gasteiger partial charge on any atom is -0.347 e. The third-order valence-electron chi connectivity index (χ3n) is 3.10. The van der Waals surface area contributed by atoms with E-state index in [0.717, 1.165) is 22.2 Å². The topological polar surface area (TPSA) is 22.0 Å². The van der Waals surface area contributed by atoms with Crippen LogP contribution in [0.4, 0.5) is 0 Å². The summed E-state index contributed by atoms with van der Waals surface area (Å²) in [6.07, 6.45) is 1.64. The average molecular weight is 213 g/mol. The van der Waals surface area contributed by atoms with Crippen LogP contribution in [0, 0.1) is 13.8 Å². The van der Waals surface area contributed by atoms with Crippen molar-refractivity contribution >= 4 is 17.0 Å². The summed E-state index contributed by atoms with van der Waals surface area (Å²) in [6.45, 7) is 7.64. The van der Waals surface area contributed by atoms with Crippen molar-refractivity contribution in [1.29, 1.82) is 0 Å². The molecule has 2 heteroatoms. The van der Waals surface area contributed by atoms with Gasteiger partial charge in [-0.05, 0) is 26.0 Å². The molecule has 0 aliphatic heterocycles. The van der Waals surface area contributed by atoms with Crippen molar-refractivity contribution in [3.8, 4) is 0 Å². The highest BCUT2D eigenvalue weighted by atomic mass is 16.1. The summed E-state index contributed by atoms with van der Waals surface area (Å²) in [5.74, 6) is 0. The molecule has 2 rings (SSSR count). The molecule has 0 saturated heterocycles. The van der Waals surface area contributed by atoms with Crippen molar-refractivity contribution < 1.29 is 0 Å². The molecule has 2 aromatic rings. The van der Waals surface area contributed by atoms with Gasteiger partial charge in [-0.1, -0.05) is 24.3 Å². The molecule has 1 heterocycles. The number of aromatic nitrogens is 1. The minimum absolute atomic E-state index is 0.0734. The SMILES string of the molecule is C=Cc1c(C)n(C)c2ccc(C)cc2c1=O. The Morgan fingerprint density at radius 3 is 2.62 bits per heavy atom. The maximum absolute atomic E-state index is 12.2. The van der Waals surface area contributed by atoms with Gasteiger partial charge in [-0.3, -0.25) is 4.79 Å². The highest BCUT2D eigenvalue weighted by Crippen LogP contribution is 2.16. The number of benzene rings is 1. The van der Waals surface area contributed by atoms with Crippen LogP contribution in [0.2, 0.25) is 0 Å². The predicted molar refractivity (Wildman–Crippen MR) is 68.8 cm³/mol. The normalized spacial score (nSPS) is 10.7. The second-order valence-corrected chi connectivity index (χ2v) is 4.11. The fourth-order valence-electron chi connectivity index (χ4n) is 2.04. The van der Waals surface area contributed by atoms with Gasteiger partial charge in [0, 0.05) is 23.7 Å². The van der Waals surface area contributed by atoms with Gasteiger partial charge in [0.1, 0.15) is 0 Å². The molecule has 0 fully saturated rings. The van der Waals surface area contributed by atoms with Gasteiger partial charge in [-0.2, -0.15) is 0 Å². The first-order valence-corrected chi connectivity index (χ1v) is 5.28. The smallest absolute Gasteiger partial charge is 0.196 e. The summed E-state index contributed by atoms with van der Waals surface area (Å²) in [7, 11) is 1.97. The molecule has 1 aromatic heterocycles. The molecule has 0 amide bonds. The summed E-state index contributed by atoms with van der Waals surface area (Å²) in [6, 6.07) is 5.95. The van der Waals surface area contributed by atoms with Crippen LogP contribution in [0.5, 0.6) is 0 Å². The van der Waals surface area contributed by atoms with Crippen LogP contribution in [0.25, 0.3) is 17.0 Å². The molecule has 16 heavy (non-hydrogen) atoms. The molecular formula is C14H15NO. The van der Waals surface area contributed by atoms with Crippen LogP contribution < -0.4 is 5.43 Å². The second kappa shape index (κ2) is 3.63. The van der Waals surface area contributed by atoms with Crippen LogP contribution in [-0.4, -0.2) is 4.57 Å². The summed E-state index contributed by atoms with van der Waals surface area (Å²) < 4.78 is 2.03. The maximum Gasteiger partial charge on any atom is 0.196 e. The number of hydrogen-bond acceptors (Lipinski definition) is 1. The zero-order valence-electron chi connectivity index (χ0n) is 9.87. The molecule has 1 aromatic carbocycles. The largest absolute Gasteiger partial charge is 0.347 e. The molecule has 2 nitrogen and oxygen atoms in total. The lowest BCUT2D eigenvalue weighted by Crippen LogP contribution is -2.14. The molecule has 0 N–H and O–H groups in total. The van der Waals surface area contributed by atoms with E-state index in [4.69, 9.17) is 0 Å². The monoisotopic (exact) mass is 213 g/mol. The lowest BCUT2D eigenvalue weighted by Gasteiger charge is -2.12. The van der Waals surface area contributed by atoms with Gasteiger partial charge in [-0.25, -0.2) is 0 Å². The van der Waals surface area contributed by atoms with Gasteiger partial charge in [0.15, 0.2) is 5.43 Å². The summed E-state index contributed by atoms with van der Waals surface area (Å²) >= 11 is 0. The van der Waals surface area contributed by atoms with Crippen LogP contribution >= 0.6 is 0 Å². The Morgan fingerprint density at radius 2 is 2.00 bits per heavy atom. The van der Waals surface area contributed by atoms with Gasteiger partial charge in [-0.15, -0.1) is 0 Å². The maximum atomic E-state index is 12.2. The van der Waals surface area contributed by atoms with E-state index >= 15 is 0 Å². The standard InChI is InChI=1S/C14H15NO/c1-5-11-10(3)15(4)13-7-6-9(2)8-12(13)14(11)16/h5-8H,1H2,2-4H3. The first-order valence-electron chi connectivity index (χ1n) is 5.28. The molecule has 0 radical (unpaired) electrons. The van der Waals surface area contributed by atoms with Crippen molar-refractivity contribution in [3.63, 3.8) is 0 Å². The van der Waals surface area contributed by atoms with Gasteiger partial charge < -0.3 is 4.57 Å². The Kier molecular flexibility index (Phi) is 2.43. The minimum atomic E-state index is 0.0734. The predicted octanol–water partition coefficient (Wildman–Crippen LogP) is 2.80. The second-order valence-electron chi connectivity index (χ2n) is 4.11. The van der Waals surface area contributed by atoms with Crippen molar-refractivity contribution in [2.75, 3.05) is 0 Å². The molecule has 0 atom stereocenters. The Hall–Kier alpha value is -1.83. The average Bonchev–Trinajstić information content (AvgIpc) is 2.27. The van der Waals surface area contributed by atoms with Gasteiger partial charge >= 0.3 is 0 Å². The third-order valence-corrected chi connectivity index (χ3v) is 3.10. The first-order chi connectivity index (χ1) is 7.56. The summed E-state index contributed by atoms with van der Waals surface area (Å²) in [5.41, 5.74) is 3.79. The van der Waals surface area contributed by atoms with E-state index in [1.807, 2.05) is 43.7 Å². The van der Waals surface area contributed by atoms with Gasteiger partial charge in [0.05, 0.1) is 5.52 Å². The third kappa shape index (κ3) is 1.38. The fraction of sp³-hybridized carbons (Fsp3) is 0.214. The van der Waals surface area contributed by atoms with Crippen molar-refractivity contribution in [3.05, 3.63) is 51.8 Å². The number of rotatable bonds is 1. The van der Waals surface area contributed by atoms with Crippen LogP contribution in [0.3, 0.4) is 0 Å². The molecule has 0 aliphatic rings. The summed E-state index contributed by atoms with van der Waals surface area (Å²) in [5, 5.41) is 0.767. The first kappa shape index (κ1) is 10.7. The number of aryl methyl sites for hydroxylation is 2. The zero-order chi connectivity index (χ0) is 11.9. The number of fused-ring (bicyclic) bond motifs is 1. The zero-order valence-corrected chi connectivity index (χ0v) is 9.87. The van der Waals surface area contributed by atoms with E-state index in [9.17, 15) is 4.79 Å². The van der Waals surface area contributed by atoms with Gasteiger partial charge in [0.25, 0.3) is 0 Å². The Bertz CT molecular complexity index is 635. The van der Waals surface area contributed by atoms with E-state index in [2.05, 4.69) is 6.58 Å². The molecule has 0 aliphatic carbocycles. The number of hydrogen-bond donors (Lipinski definition) is 0. The molecule has 82 valence electrons. The molecule has 0 bridgehead atoms. The highest BCUT2D eigenvalue weighted by Gasteiger charge is 2.09. The van der Waals surface area contributed by atoms with E-state index in [1.165, 1.54) is 0 Å². The fourth-order valence-corrected chi connectivity index (χ4v) is 2.04. The molecule has 0 unspecified atom stereocenters. The van der Waals surface area contributed by atoms with E-state index in [-0.39, 0.29) is 5.43 Å².